The summed E-state index contributed by atoms with van der Waals surface area (Å²) < 4.78 is 28.8. The monoisotopic (exact) mass is 458 g/mol. The normalized spacial score (nSPS) is 15.5. The van der Waals surface area contributed by atoms with E-state index in [-0.39, 0.29) is 42.1 Å². The number of carbonyl (C=O) groups is 4. The van der Waals surface area contributed by atoms with Crippen LogP contribution in [0.4, 0.5) is 9.18 Å². The number of hydrogen-bond donors (Lipinski definition) is 2. The van der Waals surface area contributed by atoms with Crippen molar-refractivity contribution in [2.75, 3.05) is 13.2 Å². The molecule has 1 aromatic carbocycles. The van der Waals surface area contributed by atoms with Gasteiger partial charge in [0.1, 0.15) is 30.0 Å². The van der Waals surface area contributed by atoms with E-state index in [4.69, 9.17) is 13.9 Å². The van der Waals surface area contributed by atoms with Gasteiger partial charge in [-0.1, -0.05) is 0 Å². The van der Waals surface area contributed by atoms with E-state index in [1.54, 1.807) is 26.0 Å². The van der Waals surface area contributed by atoms with E-state index in [0.29, 0.717) is 11.5 Å². The number of carbonyl (C=O) groups excluding carboxylic acids is 4. The maximum absolute atomic E-state index is 13.0. The van der Waals surface area contributed by atoms with Gasteiger partial charge in [-0.05, 0) is 50.2 Å². The number of benzene rings is 1. The lowest BCUT2D eigenvalue weighted by molar-refractivity contribution is -0.143. The molecule has 1 unspecified atom stereocenters. The van der Waals surface area contributed by atoms with E-state index in [2.05, 4.69) is 10.6 Å². The average molecular weight is 458 g/mol. The van der Waals surface area contributed by atoms with Crippen LogP contribution >= 0.6 is 0 Å². The molecule has 2 heterocycles. The predicted octanol–water partition coefficient (Wildman–Crippen LogP) is 3.10. The number of furan rings is 1. The van der Waals surface area contributed by atoms with Gasteiger partial charge in [0.25, 0.3) is 0 Å². The van der Waals surface area contributed by atoms with Crippen molar-refractivity contribution in [1.29, 1.82) is 0 Å². The molecule has 0 saturated heterocycles. The van der Waals surface area contributed by atoms with Crippen LogP contribution in [0, 0.1) is 12.7 Å². The Hall–Kier alpha value is -3.95. The lowest BCUT2D eigenvalue weighted by atomic mass is 10.0. The minimum atomic E-state index is -0.930. The second kappa shape index (κ2) is 10.6. The molecular formula is C23H23FN2O7. The van der Waals surface area contributed by atoms with Crippen LogP contribution in [0.5, 0.6) is 0 Å². The number of aryl methyl sites for hydroxylation is 1. The van der Waals surface area contributed by atoms with E-state index in [1.165, 1.54) is 12.1 Å². The summed E-state index contributed by atoms with van der Waals surface area (Å²) in [5.41, 5.74) is 0.370. The molecular weight excluding hydrogens is 435 g/mol. The summed E-state index contributed by atoms with van der Waals surface area (Å²) in [5.74, 6) is -1.33. The van der Waals surface area contributed by atoms with Gasteiger partial charge < -0.3 is 24.5 Å². The molecule has 0 bridgehead atoms. The van der Waals surface area contributed by atoms with Crippen molar-refractivity contribution < 1.29 is 37.5 Å². The third-order valence-corrected chi connectivity index (χ3v) is 4.79. The number of ketones is 1. The highest BCUT2D eigenvalue weighted by Gasteiger charge is 2.36. The highest BCUT2D eigenvalue weighted by Crippen LogP contribution is 2.29. The van der Waals surface area contributed by atoms with Gasteiger partial charge in [-0.25, -0.2) is 14.0 Å². The van der Waals surface area contributed by atoms with Crippen molar-refractivity contribution in [3.8, 4) is 0 Å². The molecule has 0 spiro atoms. The van der Waals surface area contributed by atoms with Gasteiger partial charge in [0.05, 0.1) is 24.3 Å². The summed E-state index contributed by atoms with van der Waals surface area (Å²) in [4.78, 5) is 49.1. The molecule has 2 aromatic rings. The van der Waals surface area contributed by atoms with E-state index in [0.717, 1.165) is 12.1 Å². The molecule has 1 atom stereocenters. The van der Waals surface area contributed by atoms with Crippen molar-refractivity contribution in [1.82, 2.24) is 10.6 Å². The molecule has 10 heteroatoms. The Labute approximate surface area is 188 Å². The third-order valence-electron chi connectivity index (χ3n) is 4.79. The predicted molar refractivity (Wildman–Crippen MR) is 112 cm³/mol. The topological polar surface area (TPSA) is 124 Å². The first-order valence-corrected chi connectivity index (χ1v) is 10.3. The standard InChI is InChI=1S/C23H23FN2O7/c1-3-31-22(29)20-16(25-23(30)26-21(20)18-10-4-13(2)33-18)12-32-19(28)11-9-17(27)14-5-7-15(24)8-6-14/h4-8,10,21H,3,9,11-12H2,1-2H3,(H2,25,26,30). The quantitative estimate of drug-likeness (QED) is 0.437. The zero-order valence-corrected chi connectivity index (χ0v) is 18.1. The summed E-state index contributed by atoms with van der Waals surface area (Å²) >= 11 is 0. The summed E-state index contributed by atoms with van der Waals surface area (Å²) in [7, 11) is 0. The Morgan fingerprint density at radius 2 is 1.79 bits per heavy atom. The highest BCUT2D eigenvalue weighted by molar-refractivity contribution is 5.97. The van der Waals surface area contributed by atoms with Gasteiger partial charge >= 0.3 is 18.0 Å². The van der Waals surface area contributed by atoms with Crippen molar-refractivity contribution >= 4 is 23.8 Å². The van der Waals surface area contributed by atoms with Crippen LogP contribution in [0.2, 0.25) is 0 Å². The van der Waals surface area contributed by atoms with Gasteiger partial charge in [-0.2, -0.15) is 0 Å². The van der Waals surface area contributed by atoms with Crippen LogP contribution in [-0.4, -0.2) is 37.0 Å². The fraction of sp³-hybridized carbons (Fsp3) is 0.304. The van der Waals surface area contributed by atoms with Crippen molar-refractivity contribution in [2.24, 2.45) is 0 Å². The largest absolute Gasteiger partial charge is 0.464 e. The maximum atomic E-state index is 13.0. The first-order chi connectivity index (χ1) is 15.8. The van der Waals surface area contributed by atoms with Crippen molar-refractivity contribution in [3.63, 3.8) is 0 Å². The van der Waals surface area contributed by atoms with E-state index < -0.39 is 36.4 Å². The number of Topliss-reactive ketones (excluding diaryl/α,β-unsaturated/α-hetero) is 1. The fourth-order valence-corrected chi connectivity index (χ4v) is 3.22. The Morgan fingerprint density at radius 3 is 2.42 bits per heavy atom. The van der Waals surface area contributed by atoms with Gasteiger partial charge in [0, 0.05) is 12.0 Å². The summed E-state index contributed by atoms with van der Waals surface area (Å²) in [6.45, 7) is 3.04. The summed E-state index contributed by atoms with van der Waals surface area (Å²) in [6, 6.07) is 6.75. The highest BCUT2D eigenvalue weighted by atomic mass is 19.1. The molecule has 0 aliphatic carbocycles. The average Bonchev–Trinajstić information content (AvgIpc) is 3.22. The zero-order chi connectivity index (χ0) is 24.0. The number of nitrogens with one attached hydrogen (secondary N) is 2. The number of amides is 2. The number of halogens is 1. The number of ether oxygens (including phenoxy) is 2. The molecule has 1 aliphatic rings. The van der Waals surface area contributed by atoms with E-state index >= 15 is 0 Å². The molecule has 1 aliphatic heterocycles. The van der Waals surface area contributed by atoms with Crippen molar-refractivity contribution in [2.45, 2.75) is 32.7 Å². The van der Waals surface area contributed by atoms with Crippen LogP contribution in [0.1, 0.15) is 47.7 Å². The molecule has 0 saturated carbocycles. The molecule has 9 nitrogen and oxygen atoms in total. The van der Waals surface area contributed by atoms with Crippen LogP contribution in [0.15, 0.2) is 52.1 Å². The Kier molecular flexibility index (Phi) is 7.60. The molecule has 2 amide bonds. The van der Waals surface area contributed by atoms with Gasteiger partial charge in [-0.15, -0.1) is 0 Å². The number of urea groups is 1. The van der Waals surface area contributed by atoms with Crippen LogP contribution < -0.4 is 10.6 Å². The molecule has 3 rings (SSSR count). The number of hydrogen-bond acceptors (Lipinski definition) is 7. The van der Waals surface area contributed by atoms with E-state index in [9.17, 15) is 23.6 Å². The van der Waals surface area contributed by atoms with Gasteiger partial charge in [0.2, 0.25) is 0 Å². The van der Waals surface area contributed by atoms with Crippen molar-refractivity contribution in [3.05, 3.63) is 70.6 Å². The van der Waals surface area contributed by atoms with Crippen LogP contribution in [-0.2, 0) is 19.1 Å². The zero-order valence-electron chi connectivity index (χ0n) is 18.1. The SMILES string of the molecule is CCOC(=O)C1=C(COC(=O)CCC(=O)c2ccc(F)cc2)NC(=O)NC1c1ccc(C)o1. The molecule has 2 N–H and O–H groups in total. The van der Waals surface area contributed by atoms with Crippen LogP contribution in [0.3, 0.4) is 0 Å². The second-order valence-electron chi connectivity index (χ2n) is 7.18. The molecule has 1 aromatic heterocycles. The number of esters is 2. The smallest absolute Gasteiger partial charge is 0.338 e. The van der Waals surface area contributed by atoms with E-state index in [1.807, 2.05) is 0 Å². The first kappa shape index (κ1) is 23.7. The van der Waals surface area contributed by atoms with Gasteiger partial charge in [0.15, 0.2) is 5.78 Å². The Balaban J connectivity index is 1.70. The third kappa shape index (κ3) is 6.06. The molecule has 174 valence electrons. The molecule has 33 heavy (non-hydrogen) atoms. The summed E-state index contributed by atoms with van der Waals surface area (Å²) in [5, 5.41) is 5.07. The first-order valence-electron chi connectivity index (χ1n) is 10.3. The van der Waals surface area contributed by atoms with Gasteiger partial charge in [-0.3, -0.25) is 9.59 Å². The minimum Gasteiger partial charge on any atom is -0.464 e. The summed E-state index contributed by atoms with van der Waals surface area (Å²) in [6.07, 6.45) is -0.373. The maximum Gasteiger partial charge on any atom is 0.338 e. The van der Waals surface area contributed by atoms with Crippen LogP contribution in [0.25, 0.3) is 0 Å². The lowest BCUT2D eigenvalue weighted by Gasteiger charge is -2.27. The minimum absolute atomic E-state index is 0.0426. The molecule has 0 fully saturated rings. The molecule has 0 radical (unpaired) electrons. The second-order valence-corrected chi connectivity index (χ2v) is 7.18. The lowest BCUT2D eigenvalue weighted by Crippen LogP contribution is -2.47. The Bertz CT molecular complexity index is 1090. The fourth-order valence-electron chi connectivity index (χ4n) is 3.22. The number of rotatable bonds is 9. The Morgan fingerprint density at radius 1 is 1.06 bits per heavy atom.